The van der Waals surface area contributed by atoms with Gasteiger partial charge in [0, 0.05) is 7.14 Å². The Labute approximate surface area is 170 Å². The fraction of sp³-hybridized carbons (Fsp3) is 0.273. The van der Waals surface area contributed by atoms with Crippen molar-refractivity contribution in [1.29, 1.82) is 0 Å². The Kier molecular flexibility index (Phi) is 7.02. The Balaban J connectivity index is 3.43. The summed E-state index contributed by atoms with van der Waals surface area (Å²) in [6.45, 7) is 0. The van der Waals surface area contributed by atoms with Gasteiger partial charge in [-0.15, -0.1) is 0 Å². The van der Waals surface area contributed by atoms with Crippen molar-refractivity contribution in [2.75, 3.05) is 0 Å². The molecule has 4 nitrogen and oxygen atoms in total. The van der Waals surface area contributed by atoms with Crippen molar-refractivity contribution >= 4 is 79.7 Å². The maximum atomic E-state index is 12.5. The van der Waals surface area contributed by atoms with Crippen LogP contribution in [-0.4, -0.2) is 29.4 Å². The summed E-state index contributed by atoms with van der Waals surface area (Å²) in [6.07, 6.45) is -11.9. The van der Waals surface area contributed by atoms with Gasteiger partial charge in [-0.25, -0.2) is 4.79 Å². The molecule has 0 aliphatic carbocycles. The zero-order valence-corrected chi connectivity index (χ0v) is 17.2. The van der Waals surface area contributed by atoms with Crippen molar-refractivity contribution in [2.45, 2.75) is 12.4 Å². The molecule has 0 bridgehead atoms. The minimum atomic E-state index is -5.93. The molecule has 134 valence electrons. The van der Waals surface area contributed by atoms with Gasteiger partial charge in [-0.1, -0.05) is 0 Å². The van der Waals surface area contributed by atoms with Gasteiger partial charge in [0.25, 0.3) is 0 Å². The van der Waals surface area contributed by atoms with Crippen LogP contribution in [0.15, 0.2) is 6.07 Å². The van der Waals surface area contributed by atoms with E-state index in [0.717, 1.165) is 0 Å². The number of carbonyl (C=O) groups is 2. The predicted molar refractivity (Wildman–Crippen MR) is 92.8 cm³/mol. The van der Waals surface area contributed by atoms with E-state index in [2.05, 4.69) is 4.74 Å². The van der Waals surface area contributed by atoms with E-state index in [9.17, 15) is 35.9 Å². The molecule has 0 aromatic heterocycles. The fourth-order valence-electron chi connectivity index (χ4n) is 1.48. The Morgan fingerprint density at radius 2 is 1.46 bits per heavy atom. The maximum absolute atomic E-state index is 12.5. The van der Waals surface area contributed by atoms with Gasteiger partial charge in [-0.05, 0) is 73.8 Å². The minimum absolute atomic E-state index is 0.0134. The summed E-state index contributed by atoms with van der Waals surface area (Å²) in [4.78, 5) is 22.7. The Bertz CT molecular complexity index is 672. The number of carboxylic acid groups (broad SMARTS) is 1. The molecule has 0 aliphatic heterocycles. The molecular weight excluding hydrogens is 691 g/mol. The molecule has 0 radical (unpaired) electrons. The molecule has 0 spiro atoms. The van der Waals surface area contributed by atoms with Crippen LogP contribution < -0.4 is 4.74 Å². The monoisotopic (exact) mass is 694 g/mol. The first kappa shape index (κ1) is 22.0. The number of esters is 1. The van der Waals surface area contributed by atoms with Crippen LogP contribution in [0, 0.1) is 16.6 Å². The first-order valence-corrected chi connectivity index (χ1v) is 8.67. The first-order chi connectivity index (χ1) is 10.7. The number of hydrogen-bond acceptors (Lipinski definition) is 3. The Morgan fingerprint density at radius 1 is 1.00 bits per heavy atom. The van der Waals surface area contributed by atoms with E-state index in [0.29, 0.717) is 3.57 Å². The first-order valence-electron chi connectivity index (χ1n) is 5.43. The van der Waals surface area contributed by atoms with Crippen molar-refractivity contribution in [3.8, 4) is 5.75 Å². The number of benzene rings is 1. The predicted octanol–water partition coefficient (Wildman–Crippen LogP) is 4.84. The topological polar surface area (TPSA) is 63.6 Å². The van der Waals surface area contributed by atoms with Gasteiger partial charge in [0.05, 0.1) is 3.57 Å². The van der Waals surface area contributed by atoms with E-state index in [1.807, 2.05) is 0 Å². The Hall–Kier alpha value is -0.0700. The third-order valence-electron chi connectivity index (χ3n) is 2.43. The van der Waals surface area contributed by atoms with Gasteiger partial charge in [0.2, 0.25) is 5.92 Å². The summed E-state index contributed by atoms with van der Waals surface area (Å²) >= 11 is 4.70. The number of alkyl halides is 6. The van der Waals surface area contributed by atoms with Crippen LogP contribution in [0.1, 0.15) is 10.4 Å². The highest BCUT2D eigenvalue weighted by molar-refractivity contribution is 14.1. The summed E-state index contributed by atoms with van der Waals surface area (Å²) in [7, 11) is 0. The second-order valence-corrected chi connectivity index (χ2v) is 7.50. The third-order valence-corrected chi connectivity index (χ3v) is 6.24. The summed E-state index contributed by atoms with van der Waals surface area (Å²) < 4.78 is 79.7. The molecular formula is C11H3F6I3O4. The largest absolute Gasteiger partial charge is 0.478 e. The number of halogens is 9. The van der Waals surface area contributed by atoms with E-state index in [1.165, 1.54) is 51.2 Å². The summed E-state index contributed by atoms with van der Waals surface area (Å²) in [5.74, 6) is -9.54. The minimum Gasteiger partial charge on any atom is -0.478 e. The highest BCUT2D eigenvalue weighted by Crippen LogP contribution is 2.41. The van der Waals surface area contributed by atoms with Gasteiger partial charge in [0.1, 0.15) is 5.56 Å². The highest BCUT2D eigenvalue weighted by atomic mass is 127. The molecule has 0 fully saturated rings. The molecule has 0 atom stereocenters. The maximum Gasteiger partial charge on any atom is 0.411 e. The van der Waals surface area contributed by atoms with Gasteiger partial charge in [-0.3, -0.25) is 4.79 Å². The van der Waals surface area contributed by atoms with Crippen LogP contribution in [0.2, 0.25) is 0 Å². The van der Waals surface area contributed by atoms with Crippen LogP contribution in [0.4, 0.5) is 26.3 Å². The van der Waals surface area contributed by atoms with Gasteiger partial charge >= 0.3 is 24.3 Å². The van der Waals surface area contributed by atoms with E-state index in [-0.39, 0.29) is 7.14 Å². The molecule has 1 rings (SSSR count). The van der Waals surface area contributed by atoms with Crippen LogP contribution in [0.5, 0.6) is 5.75 Å². The lowest BCUT2D eigenvalue weighted by atomic mass is 10.1. The number of aromatic carboxylic acids is 1. The van der Waals surface area contributed by atoms with E-state index in [1.54, 1.807) is 22.6 Å². The molecule has 0 heterocycles. The highest BCUT2D eigenvalue weighted by Gasteiger charge is 2.62. The molecule has 0 aliphatic rings. The summed E-state index contributed by atoms with van der Waals surface area (Å²) in [6, 6.07) is 1.26. The van der Waals surface area contributed by atoms with Gasteiger partial charge in [-0.2, -0.15) is 26.3 Å². The SMILES string of the molecule is O=C(O)c1c(I)c(I)cc(I)c1OC(=O)C(C(F)(F)F)C(F)(F)F. The standard InChI is InChI=1S/C11H3F6I3O4/c12-10(13,14)7(11(15,16)17)9(23)24-6-3(19)1-2(18)5(20)4(6)8(21)22/h1,7H,(H,21,22). The second kappa shape index (κ2) is 7.67. The molecule has 0 unspecified atom stereocenters. The van der Waals surface area contributed by atoms with E-state index in [4.69, 9.17) is 5.11 Å². The molecule has 13 heteroatoms. The van der Waals surface area contributed by atoms with Crippen LogP contribution >= 0.6 is 67.8 Å². The second-order valence-electron chi connectivity index (χ2n) is 4.10. The van der Waals surface area contributed by atoms with Gasteiger partial charge in [0.15, 0.2) is 5.75 Å². The van der Waals surface area contributed by atoms with Crippen molar-refractivity contribution in [2.24, 2.45) is 5.92 Å². The average molecular weight is 694 g/mol. The number of ether oxygens (including phenoxy) is 1. The molecule has 0 saturated carbocycles. The van der Waals surface area contributed by atoms with Crippen molar-refractivity contribution in [1.82, 2.24) is 0 Å². The fourth-order valence-corrected chi connectivity index (χ4v) is 3.98. The Morgan fingerprint density at radius 3 is 1.83 bits per heavy atom. The number of rotatable bonds is 3. The number of hydrogen-bond donors (Lipinski definition) is 1. The average Bonchev–Trinajstić information content (AvgIpc) is 2.31. The van der Waals surface area contributed by atoms with Crippen LogP contribution in [0.3, 0.4) is 0 Å². The lowest BCUT2D eigenvalue weighted by Crippen LogP contribution is -2.44. The van der Waals surface area contributed by atoms with E-state index >= 15 is 0 Å². The van der Waals surface area contributed by atoms with Crippen molar-refractivity contribution < 1.29 is 45.8 Å². The quantitative estimate of drug-likeness (QED) is 0.162. The summed E-state index contributed by atoms with van der Waals surface area (Å²) in [5, 5.41) is 9.12. The smallest absolute Gasteiger partial charge is 0.411 e. The van der Waals surface area contributed by atoms with Crippen LogP contribution in [0.25, 0.3) is 0 Å². The third kappa shape index (κ3) is 4.98. The summed E-state index contributed by atoms with van der Waals surface area (Å²) in [5.41, 5.74) is -0.691. The normalized spacial score (nSPS) is 12.4. The molecule has 1 N–H and O–H groups in total. The molecule has 0 saturated heterocycles. The molecule has 1 aromatic carbocycles. The zero-order chi connectivity index (χ0) is 19.0. The molecule has 0 amide bonds. The number of carbonyl (C=O) groups excluding carboxylic acids is 1. The van der Waals surface area contributed by atoms with Crippen molar-refractivity contribution in [3.05, 3.63) is 22.3 Å². The van der Waals surface area contributed by atoms with Crippen molar-refractivity contribution in [3.63, 3.8) is 0 Å². The van der Waals surface area contributed by atoms with E-state index < -0.39 is 41.5 Å². The number of carboxylic acids is 1. The van der Waals surface area contributed by atoms with Gasteiger partial charge < -0.3 is 9.84 Å². The molecule has 1 aromatic rings. The van der Waals surface area contributed by atoms with Crippen LogP contribution in [-0.2, 0) is 4.79 Å². The molecule has 24 heavy (non-hydrogen) atoms. The lowest BCUT2D eigenvalue weighted by molar-refractivity contribution is -0.279. The zero-order valence-electron chi connectivity index (χ0n) is 10.7. The lowest BCUT2D eigenvalue weighted by Gasteiger charge is -2.22.